The first-order valence-corrected chi connectivity index (χ1v) is 20.1. The summed E-state index contributed by atoms with van der Waals surface area (Å²) in [7, 11) is 0. The molecule has 3 heteroatoms. The van der Waals surface area contributed by atoms with Gasteiger partial charge >= 0.3 is 0 Å². The Morgan fingerprint density at radius 2 is 0.729 bits per heavy atom. The zero-order valence-electron chi connectivity index (χ0n) is 32.0. The molecule has 2 heterocycles. The van der Waals surface area contributed by atoms with Crippen LogP contribution < -0.4 is 0 Å². The summed E-state index contributed by atoms with van der Waals surface area (Å²) in [5.41, 5.74) is 15.1. The van der Waals surface area contributed by atoms with Gasteiger partial charge in [0.25, 0.3) is 0 Å². The summed E-state index contributed by atoms with van der Waals surface area (Å²) in [4.78, 5) is 9.45. The zero-order valence-corrected chi connectivity index (χ0v) is 32.0. The van der Waals surface area contributed by atoms with Gasteiger partial charge in [0.1, 0.15) is 0 Å². The molecule has 0 unspecified atom stereocenters. The van der Waals surface area contributed by atoms with Crippen LogP contribution in [0.2, 0.25) is 0 Å². The fraction of sp³-hybridized carbons (Fsp3) is 0. The Bertz CT molecular complexity index is 3580. The smallest absolute Gasteiger partial charge is 0.0971 e. The minimum Gasteiger partial charge on any atom is -0.309 e. The molecule has 12 aromatic rings. The van der Waals surface area contributed by atoms with E-state index in [1.807, 2.05) is 0 Å². The van der Waals surface area contributed by atoms with E-state index in [-0.39, 0.29) is 0 Å². The fourth-order valence-corrected chi connectivity index (χ4v) is 9.18. The van der Waals surface area contributed by atoms with Crippen LogP contribution in [0.1, 0.15) is 0 Å². The molecule has 0 aliphatic heterocycles. The van der Waals surface area contributed by atoms with Crippen molar-refractivity contribution in [3.8, 4) is 50.2 Å². The van der Waals surface area contributed by atoms with Crippen molar-refractivity contribution >= 4 is 65.2 Å². The number of benzene rings is 10. The van der Waals surface area contributed by atoms with Crippen molar-refractivity contribution in [1.29, 1.82) is 0 Å². The van der Waals surface area contributed by atoms with Gasteiger partial charge in [-0.3, -0.25) is 9.97 Å². The summed E-state index contributed by atoms with van der Waals surface area (Å²) in [6.45, 7) is 0. The van der Waals surface area contributed by atoms with Gasteiger partial charge in [0.2, 0.25) is 0 Å². The number of fused-ring (bicyclic) bond motifs is 10. The highest BCUT2D eigenvalue weighted by Gasteiger charge is 2.15. The molecule has 10 aromatic carbocycles. The van der Waals surface area contributed by atoms with E-state index < -0.39 is 0 Å². The number of hydrogen-bond acceptors (Lipinski definition) is 2. The normalized spacial score (nSPS) is 11.7. The lowest BCUT2D eigenvalue weighted by Crippen LogP contribution is -1.92. The van der Waals surface area contributed by atoms with Crippen LogP contribution in [0.4, 0.5) is 0 Å². The summed E-state index contributed by atoms with van der Waals surface area (Å²) in [6.07, 6.45) is 3.56. The maximum atomic E-state index is 4.74. The lowest BCUT2D eigenvalue weighted by Gasteiger charge is -2.12. The molecule has 12 rings (SSSR count). The van der Waals surface area contributed by atoms with Crippen LogP contribution in [-0.2, 0) is 0 Å². The highest BCUT2D eigenvalue weighted by molar-refractivity contribution is 6.23. The summed E-state index contributed by atoms with van der Waals surface area (Å²) < 4.78 is 2.37. The Hall–Kier alpha value is -7.88. The van der Waals surface area contributed by atoms with Crippen molar-refractivity contribution in [3.05, 3.63) is 213 Å². The highest BCUT2D eigenvalue weighted by atomic mass is 15.0. The molecule has 0 saturated heterocycles. The monoisotopic (exact) mass is 749 g/mol. The second-order valence-corrected chi connectivity index (χ2v) is 15.4. The first-order chi connectivity index (χ1) is 29.2. The van der Waals surface area contributed by atoms with Crippen LogP contribution in [0.15, 0.2) is 213 Å². The van der Waals surface area contributed by atoms with Gasteiger partial charge in [-0.2, -0.15) is 0 Å². The fourth-order valence-electron chi connectivity index (χ4n) is 9.18. The van der Waals surface area contributed by atoms with E-state index in [0.29, 0.717) is 0 Å². The van der Waals surface area contributed by atoms with Crippen molar-refractivity contribution in [3.63, 3.8) is 0 Å². The Labute approximate surface area is 341 Å². The van der Waals surface area contributed by atoms with Crippen LogP contribution >= 0.6 is 0 Å². The van der Waals surface area contributed by atoms with Gasteiger partial charge in [-0.25, -0.2) is 0 Å². The van der Waals surface area contributed by atoms with Gasteiger partial charge in [0.05, 0.1) is 22.1 Å². The van der Waals surface area contributed by atoms with Crippen molar-refractivity contribution in [2.75, 3.05) is 0 Å². The second-order valence-electron chi connectivity index (χ2n) is 15.4. The van der Waals surface area contributed by atoms with Crippen LogP contribution in [0, 0.1) is 0 Å². The largest absolute Gasteiger partial charge is 0.309 e. The molecule has 0 spiro atoms. The third kappa shape index (κ3) is 5.51. The van der Waals surface area contributed by atoms with Gasteiger partial charge in [-0.15, -0.1) is 0 Å². The topological polar surface area (TPSA) is 30.7 Å². The molecule has 2 aromatic heterocycles. The predicted molar refractivity (Wildman–Crippen MR) is 248 cm³/mol. The molecule has 0 aliphatic rings. The van der Waals surface area contributed by atoms with Crippen molar-refractivity contribution in [2.24, 2.45) is 0 Å². The van der Waals surface area contributed by atoms with E-state index in [9.17, 15) is 0 Å². The maximum Gasteiger partial charge on any atom is 0.0971 e. The van der Waals surface area contributed by atoms with Gasteiger partial charge in [-0.05, 0) is 127 Å². The van der Waals surface area contributed by atoms with Crippen LogP contribution in [0.25, 0.3) is 115 Å². The van der Waals surface area contributed by atoms with Crippen molar-refractivity contribution in [2.45, 2.75) is 0 Å². The molecule has 0 atom stereocenters. The third-order valence-corrected chi connectivity index (χ3v) is 12.0. The molecule has 0 N–H and O–H groups in total. The minimum atomic E-state index is 0.939. The van der Waals surface area contributed by atoms with Crippen LogP contribution in [0.3, 0.4) is 0 Å². The van der Waals surface area contributed by atoms with E-state index in [0.717, 1.165) is 21.8 Å². The molecule has 274 valence electrons. The lowest BCUT2D eigenvalue weighted by atomic mass is 9.93. The SMILES string of the molecule is c1ccc(-n2c3ccccc3c3cc(-c4ccc5cc(-c6cccc(-c7cccc(-c8ccc9c(c8)c8ccccc8c8nccnc98)c7)c6)ccc5c4)ccc32)cc1. The van der Waals surface area contributed by atoms with E-state index in [1.54, 1.807) is 12.4 Å². The summed E-state index contributed by atoms with van der Waals surface area (Å²) in [5.74, 6) is 0. The molecule has 0 fully saturated rings. The number of aromatic nitrogens is 3. The quantitative estimate of drug-likeness (QED) is 0.164. The van der Waals surface area contributed by atoms with Crippen LogP contribution in [0.5, 0.6) is 0 Å². The molecule has 0 bridgehead atoms. The standard InChI is InChI=1S/C56H35N3/c1-2-14-46(15-3-1)59-53-19-7-6-17-48(53)52-35-45(25-27-54(52)59)43-23-22-41-32-40(20-21-42(41)33-43)38-12-8-10-36(30-38)37-11-9-13-39(31-37)44-24-26-50-51(34-44)47-16-4-5-18-49(47)55-56(50)58-29-28-57-55/h1-35H. The molecule has 0 amide bonds. The average Bonchev–Trinajstić information content (AvgIpc) is 3.65. The van der Waals surface area contributed by atoms with E-state index in [1.165, 1.54) is 93.5 Å². The summed E-state index contributed by atoms with van der Waals surface area (Å²) in [5, 5.41) is 9.61. The van der Waals surface area contributed by atoms with Crippen molar-refractivity contribution in [1.82, 2.24) is 14.5 Å². The Morgan fingerprint density at radius 3 is 1.37 bits per heavy atom. The van der Waals surface area contributed by atoms with Gasteiger partial charge in [-0.1, -0.05) is 140 Å². The number of hydrogen-bond donors (Lipinski definition) is 0. The first-order valence-electron chi connectivity index (χ1n) is 20.1. The zero-order chi connectivity index (χ0) is 38.9. The van der Waals surface area contributed by atoms with E-state index in [2.05, 4.69) is 205 Å². The number of para-hydroxylation sites is 2. The Kier molecular flexibility index (Phi) is 7.54. The first kappa shape index (κ1) is 33.3. The molecular formula is C56H35N3. The Morgan fingerprint density at radius 1 is 0.271 bits per heavy atom. The molecule has 0 saturated carbocycles. The van der Waals surface area contributed by atoms with Gasteiger partial charge < -0.3 is 4.57 Å². The lowest BCUT2D eigenvalue weighted by molar-refractivity contribution is 1.18. The summed E-state index contributed by atoms with van der Waals surface area (Å²) >= 11 is 0. The summed E-state index contributed by atoms with van der Waals surface area (Å²) in [6, 6.07) is 73.0. The molecule has 0 radical (unpaired) electrons. The maximum absolute atomic E-state index is 4.74. The minimum absolute atomic E-state index is 0.939. The molecule has 0 aliphatic carbocycles. The van der Waals surface area contributed by atoms with E-state index >= 15 is 0 Å². The predicted octanol–water partition coefficient (Wildman–Crippen LogP) is 14.9. The van der Waals surface area contributed by atoms with E-state index in [4.69, 9.17) is 9.97 Å². The van der Waals surface area contributed by atoms with Crippen molar-refractivity contribution < 1.29 is 0 Å². The molecular weight excluding hydrogens is 715 g/mol. The highest BCUT2D eigenvalue weighted by Crippen LogP contribution is 2.39. The second kappa shape index (κ2) is 13.4. The number of rotatable bonds is 5. The average molecular weight is 750 g/mol. The van der Waals surface area contributed by atoms with Gasteiger partial charge in [0.15, 0.2) is 0 Å². The Balaban J connectivity index is 0.871. The molecule has 59 heavy (non-hydrogen) atoms. The molecule has 3 nitrogen and oxygen atoms in total. The third-order valence-electron chi connectivity index (χ3n) is 12.0. The number of nitrogens with zero attached hydrogens (tertiary/aromatic N) is 3. The van der Waals surface area contributed by atoms with Gasteiger partial charge in [0, 0.05) is 39.6 Å². The van der Waals surface area contributed by atoms with Crippen LogP contribution in [-0.4, -0.2) is 14.5 Å².